The lowest BCUT2D eigenvalue weighted by atomic mass is 9.86. The van der Waals surface area contributed by atoms with Gasteiger partial charge in [-0.15, -0.1) is 10.2 Å². The highest BCUT2D eigenvalue weighted by atomic mass is 19.1. The predicted octanol–water partition coefficient (Wildman–Crippen LogP) is 3.46. The van der Waals surface area contributed by atoms with E-state index in [4.69, 9.17) is 4.74 Å². The number of nitrogens with zero attached hydrogens (tertiary/aromatic N) is 3. The van der Waals surface area contributed by atoms with Crippen molar-refractivity contribution in [3.8, 4) is 5.69 Å². The van der Waals surface area contributed by atoms with Crippen LogP contribution in [0, 0.1) is 5.82 Å². The average Bonchev–Trinajstić information content (AvgIpc) is 2.91. The van der Waals surface area contributed by atoms with Crippen molar-refractivity contribution in [2.75, 3.05) is 0 Å². The van der Waals surface area contributed by atoms with Crippen molar-refractivity contribution < 1.29 is 9.13 Å². The highest BCUT2D eigenvalue weighted by Crippen LogP contribution is 2.35. The molecule has 1 aromatic carbocycles. The van der Waals surface area contributed by atoms with Gasteiger partial charge in [0, 0.05) is 12.5 Å². The second kappa shape index (κ2) is 6.84. The van der Waals surface area contributed by atoms with Crippen LogP contribution in [0.3, 0.4) is 0 Å². The Labute approximate surface area is 147 Å². The summed E-state index contributed by atoms with van der Waals surface area (Å²) in [5.74, 6) is 2.09. The molecule has 1 saturated carbocycles. The summed E-state index contributed by atoms with van der Waals surface area (Å²) in [5, 5.41) is 12.2. The van der Waals surface area contributed by atoms with Crippen LogP contribution in [-0.4, -0.2) is 27.0 Å². The molecule has 134 valence electrons. The van der Waals surface area contributed by atoms with Crippen molar-refractivity contribution in [3.05, 3.63) is 41.2 Å². The third-order valence-corrected chi connectivity index (χ3v) is 5.14. The fraction of sp³-hybridized carbons (Fsp3) is 0.579. The predicted molar refractivity (Wildman–Crippen MR) is 93.1 cm³/mol. The van der Waals surface area contributed by atoms with Gasteiger partial charge < -0.3 is 10.1 Å². The molecule has 4 rings (SSSR count). The summed E-state index contributed by atoms with van der Waals surface area (Å²) in [5.41, 5.74) is 1.96. The number of halogens is 1. The summed E-state index contributed by atoms with van der Waals surface area (Å²) in [6, 6.07) is 4.97. The van der Waals surface area contributed by atoms with Gasteiger partial charge in [0.25, 0.3) is 0 Å². The Morgan fingerprint density at radius 3 is 2.72 bits per heavy atom. The molecule has 1 N–H and O–H groups in total. The van der Waals surface area contributed by atoms with Crippen molar-refractivity contribution in [1.82, 2.24) is 20.1 Å². The molecule has 0 spiro atoms. The number of nitrogens with one attached hydrogen (secondary N) is 1. The molecule has 6 heteroatoms. The summed E-state index contributed by atoms with van der Waals surface area (Å²) in [4.78, 5) is 0. The SMILES string of the molecule is CC(C)O[C@H]1CC[C@H](c2nnc3n2-c2ccc(F)cc2CNC3)CC1. The number of hydrogen-bond acceptors (Lipinski definition) is 4. The number of ether oxygens (including phenoxy) is 1. The molecule has 1 aliphatic carbocycles. The molecule has 0 amide bonds. The quantitative estimate of drug-likeness (QED) is 0.926. The maximum atomic E-state index is 13.6. The van der Waals surface area contributed by atoms with Crippen LogP contribution in [0.15, 0.2) is 18.2 Å². The number of fused-ring (bicyclic) bond motifs is 3. The van der Waals surface area contributed by atoms with E-state index in [9.17, 15) is 4.39 Å². The zero-order valence-electron chi connectivity index (χ0n) is 14.8. The number of aromatic nitrogens is 3. The van der Waals surface area contributed by atoms with Gasteiger partial charge in [-0.2, -0.15) is 0 Å². The lowest BCUT2D eigenvalue weighted by Gasteiger charge is -2.29. The fourth-order valence-electron chi connectivity index (χ4n) is 4.04. The lowest BCUT2D eigenvalue weighted by molar-refractivity contribution is -0.0151. The van der Waals surface area contributed by atoms with Crippen LogP contribution in [0.2, 0.25) is 0 Å². The Hall–Kier alpha value is -1.79. The van der Waals surface area contributed by atoms with E-state index in [0.717, 1.165) is 48.6 Å². The minimum atomic E-state index is -0.204. The third-order valence-electron chi connectivity index (χ3n) is 5.14. The van der Waals surface area contributed by atoms with Crippen LogP contribution in [0.5, 0.6) is 0 Å². The van der Waals surface area contributed by atoms with Crippen molar-refractivity contribution in [2.24, 2.45) is 0 Å². The fourth-order valence-corrected chi connectivity index (χ4v) is 4.04. The van der Waals surface area contributed by atoms with E-state index in [1.54, 1.807) is 6.07 Å². The van der Waals surface area contributed by atoms with Gasteiger partial charge >= 0.3 is 0 Å². The molecule has 25 heavy (non-hydrogen) atoms. The minimum absolute atomic E-state index is 0.204. The van der Waals surface area contributed by atoms with E-state index in [2.05, 4.69) is 33.9 Å². The molecule has 1 aromatic heterocycles. The molecule has 2 aromatic rings. The second-order valence-corrected chi connectivity index (χ2v) is 7.34. The summed E-state index contributed by atoms with van der Waals surface area (Å²) in [6.07, 6.45) is 4.85. The first-order chi connectivity index (χ1) is 12.1. The Balaban J connectivity index is 1.62. The van der Waals surface area contributed by atoms with E-state index in [1.807, 2.05) is 6.07 Å². The van der Waals surface area contributed by atoms with Gasteiger partial charge in [-0.3, -0.25) is 4.57 Å². The van der Waals surface area contributed by atoms with Crippen LogP contribution in [0.1, 0.15) is 62.7 Å². The molecule has 5 nitrogen and oxygen atoms in total. The zero-order valence-corrected chi connectivity index (χ0v) is 14.8. The molecule has 0 atom stereocenters. The van der Waals surface area contributed by atoms with E-state index in [0.29, 0.717) is 25.1 Å². The highest BCUT2D eigenvalue weighted by molar-refractivity contribution is 5.44. The van der Waals surface area contributed by atoms with Gasteiger partial charge in [0.05, 0.1) is 24.4 Å². The molecule has 0 radical (unpaired) electrons. The minimum Gasteiger partial charge on any atom is -0.376 e. The van der Waals surface area contributed by atoms with Gasteiger partial charge in [-0.1, -0.05) is 0 Å². The van der Waals surface area contributed by atoms with Gasteiger partial charge in [0.1, 0.15) is 11.6 Å². The Morgan fingerprint density at radius 2 is 1.96 bits per heavy atom. The first kappa shape index (κ1) is 16.7. The first-order valence-electron chi connectivity index (χ1n) is 9.21. The maximum absolute atomic E-state index is 13.6. The van der Waals surface area contributed by atoms with Crippen LogP contribution in [0.4, 0.5) is 4.39 Å². The number of hydrogen-bond donors (Lipinski definition) is 1. The standard InChI is InChI=1S/C19H25FN4O/c1-12(2)25-16-6-3-13(4-7-16)19-23-22-18-11-21-10-14-9-15(20)5-8-17(14)24(18)19/h5,8-9,12-13,16,21H,3-4,6-7,10-11H2,1-2H3/t13-,16-. The molecule has 0 bridgehead atoms. The summed E-state index contributed by atoms with van der Waals surface area (Å²) < 4.78 is 21.8. The molecule has 1 fully saturated rings. The second-order valence-electron chi connectivity index (χ2n) is 7.34. The Kier molecular flexibility index (Phi) is 4.56. The summed E-state index contributed by atoms with van der Waals surface area (Å²) in [6.45, 7) is 5.47. The van der Waals surface area contributed by atoms with E-state index in [1.165, 1.54) is 6.07 Å². The molecular formula is C19H25FN4O. The van der Waals surface area contributed by atoms with E-state index >= 15 is 0 Å². The Bertz CT molecular complexity index is 750. The molecule has 1 aliphatic heterocycles. The highest BCUT2D eigenvalue weighted by Gasteiger charge is 2.29. The zero-order chi connectivity index (χ0) is 17.4. The van der Waals surface area contributed by atoms with Crippen molar-refractivity contribution in [2.45, 2.75) is 70.7 Å². The van der Waals surface area contributed by atoms with Gasteiger partial charge in [0.15, 0.2) is 5.82 Å². The maximum Gasteiger partial charge on any atom is 0.151 e. The van der Waals surface area contributed by atoms with Crippen molar-refractivity contribution >= 4 is 0 Å². The van der Waals surface area contributed by atoms with Crippen LogP contribution in [0.25, 0.3) is 5.69 Å². The topological polar surface area (TPSA) is 52.0 Å². The molecule has 0 unspecified atom stereocenters. The normalized spacial score (nSPS) is 23.2. The van der Waals surface area contributed by atoms with Crippen molar-refractivity contribution in [1.29, 1.82) is 0 Å². The van der Waals surface area contributed by atoms with Crippen LogP contribution >= 0.6 is 0 Å². The monoisotopic (exact) mass is 344 g/mol. The van der Waals surface area contributed by atoms with Gasteiger partial charge in [0.2, 0.25) is 0 Å². The first-order valence-corrected chi connectivity index (χ1v) is 9.21. The molecule has 0 saturated heterocycles. The van der Waals surface area contributed by atoms with Crippen LogP contribution in [-0.2, 0) is 17.8 Å². The Morgan fingerprint density at radius 1 is 1.16 bits per heavy atom. The summed E-state index contributed by atoms with van der Waals surface area (Å²) >= 11 is 0. The van der Waals surface area contributed by atoms with Crippen LogP contribution < -0.4 is 5.32 Å². The third kappa shape index (κ3) is 3.33. The number of rotatable bonds is 3. The van der Waals surface area contributed by atoms with Gasteiger partial charge in [-0.25, -0.2) is 4.39 Å². The average molecular weight is 344 g/mol. The smallest absolute Gasteiger partial charge is 0.151 e. The molecule has 2 heterocycles. The van der Waals surface area contributed by atoms with Gasteiger partial charge in [-0.05, 0) is 63.3 Å². The lowest BCUT2D eigenvalue weighted by Crippen LogP contribution is -2.25. The van der Waals surface area contributed by atoms with Crippen molar-refractivity contribution in [3.63, 3.8) is 0 Å². The summed E-state index contributed by atoms with van der Waals surface area (Å²) in [7, 11) is 0. The van der Waals surface area contributed by atoms with E-state index < -0.39 is 0 Å². The molecular weight excluding hydrogens is 319 g/mol. The molecule has 2 aliphatic rings. The largest absolute Gasteiger partial charge is 0.376 e. The van der Waals surface area contributed by atoms with E-state index in [-0.39, 0.29) is 11.9 Å². The number of benzene rings is 1.